The van der Waals surface area contributed by atoms with Gasteiger partial charge in [0.1, 0.15) is 5.82 Å². The standard InChI is InChI=1S/C15H10FN5O/c1-2-9-7-10(3-4-12(9)16)21(22)14(17)11-5-6-18-15-13(11)19-8-20-15/h1,3-8,17,22H,(H,18,19,20). The Labute approximate surface area is 124 Å². The molecular formula is C15H10FN5O. The second-order valence-electron chi connectivity index (χ2n) is 4.43. The molecule has 0 unspecified atom stereocenters. The first-order chi connectivity index (χ1) is 10.6. The maximum Gasteiger partial charge on any atom is 0.178 e. The third-order valence-electron chi connectivity index (χ3n) is 3.14. The minimum Gasteiger partial charge on any atom is -0.343 e. The summed E-state index contributed by atoms with van der Waals surface area (Å²) in [5.74, 6) is 1.40. The van der Waals surface area contributed by atoms with Crippen molar-refractivity contribution in [2.75, 3.05) is 5.06 Å². The first kappa shape index (κ1) is 13.7. The number of H-pyrrole nitrogens is 1. The molecule has 0 amide bonds. The second kappa shape index (κ2) is 5.27. The Morgan fingerprint density at radius 3 is 2.95 bits per heavy atom. The third kappa shape index (κ3) is 2.17. The Hall–Kier alpha value is -3.24. The highest BCUT2D eigenvalue weighted by Gasteiger charge is 2.17. The van der Waals surface area contributed by atoms with E-state index in [1.54, 1.807) is 6.07 Å². The highest BCUT2D eigenvalue weighted by atomic mass is 19.1. The van der Waals surface area contributed by atoms with Crippen LogP contribution in [0, 0.1) is 23.6 Å². The Morgan fingerprint density at radius 1 is 1.36 bits per heavy atom. The van der Waals surface area contributed by atoms with Crippen LogP contribution < -0.4 is 5.06 Å². The second-order valence-corrected chi connectivity index (χ2v) is 4.43. The van der Waals surface area contributed by atoms with Gasteiger partial charge in [0, 0.05) is 11.8 Å². The van der Waals surface area contributed by atoms with Crippen LogP contribution in [0.3, 0.4) is 0 Å². The van der Waals surface area contributed by atoms with Crippen LogP contribution in [-0.4, -0.2) is 26.0 Å². The Balaban J connectivity index is 2.02. The molecule has 0 saturated heterocycles. The first-order valence-corrected chi connectivity index (χ1v) is 6.24. The number of hydrogen-bond donors (Lipinski definition) is 3. The van der Waals surface area contributed by atoms with E-state index in [0.717, 1.165) is 6.07 Å². The van der Waals surface area contributed by atoms with Crippen LogP contribution >= 0.6 is 0 Å². The Morgan fingerprint density at radius 2 is 2.18 bits per heavy atom. The van der Waals surface area contributed by atoms with Gasteiger partial charge in [-0.25, -0.2) is 19.4 Å². The molecule has 2 heterocycles. The van der Waals surface area contributed by atoms with Gasteiger partial charge in [-0.2, -0.15) is 0 Å². The van der Waals surface area contributed by atoms with Crippen LogP contribution in [-0.2, 0) is 0 Å². The summed E-state index contributed by atoms with van der Waals surface area (Å²) >= 11 is 0. The number of pyridine rings is 1. The molecule has 0 aliphatic carbocycles. The molecule has 7 heteroatoms. The highest BCUT2D eigenvalue weighted by molar-refractivity contribution is 6.12. The quantitative estimate of drug-likeness (QED) is 0.293. The lowest BCUT2D eigenvalue weighted by Crippen LogP contribution is -2.27. The maximum absolute atomic E-state index is 13.4. The van der Waals surface area contributed by atoms with Crippen LogP contribution in [0.25, 0.3) is 11.2 Å². The molecule has 3 N–H and O–H groups in total. The lowest BCUT2D eigenvalue weighted by molar-refractivity contribution is 0.312. The topological polar surface area (TPSA) is 88.9 Å². The molecule has 22 heavy (non-hydrogen) atoms. The molecule has 0 saturated carbocycles. The van der Waals surface area contributed by atoms with E-state index in [2.05, 4.69) is 20.9 Å². The van der Waals surface area contributed by atoms with Gasteiger partial charge in [-0.15, -0.1) is 6.42 Å². The van der Waals surface area contributed by atoms with E-state index in [0.29, 0.717) is 21.8 Å². The number of nitrogens with zero attached hydrogens (tertiary/aromatic N) is 3. The fourth-order valence-electron chi connectivity index (χ4n) is 2.05. The van der Waals surface area contributed by atoms with Gasteiger partial charge in [-0.3, -0.25) is 10.6 Å². The smallest absolute Gasteiger partial charge is 0.178 e. The summed E-state index contributed by atoms with van der Waals surface area (Å²) in [5.41, 5.74) is 1.54. The SMILES string of the molecule is C#Cc1cc(N(O)C(=N)c2ccnc3nc[nH]c23)ccc1F. The van der Waals surface area contributed by atoms with Crippen molar-refractivity contribution in [1.82, 2.24) is 15.0 Å². The molecule has 0 atom stereocenters. The number of fused-ring (bicyclic) bond motifs is 1. The minimum atomic E-state index is -0.564. The van der Waals surface area contributed by atoms with Crippen LogP contribution in [0.15, 0.2) is 36.8 Å². The third-order valence-corrected chi connectivity index (χ3v) is 3.14. The van der Waals surface area contributed by atoms with Crippen molar-refractivity contribution >= 4 is 22.7 Å². The molecule has 0 aliphatic heterocycles. The van der Waals surface area contributed by atoms with Crippen molar-refractivity contribution in [3.05, 3.63) is 53.7 Å². The highest BCUT2D eigenvalue weighted by Crippen LogP contribution is 2.21. The molecule has 2 aromatic heterocycles. The molecule has 0 bridgehead atoms. The maximum atomic E-state index is 13.4. The van der Waals surface area contributed by atoms with E-state index >= 15 is 0 Å². The number of anilines is 1. The van der Waals surface area contributed by atoms with Gasteiger partial charge in [0.2, 0.25) is 0 Å². The molecule has 0 radical (unpaired) electrons. The molecule has 3 rings (SSSR count). The van der Waals surface area contributed by atoms with E-state index in [1.165, 1.54) is 24.7 Å². The molecule has 0 fully saturated rings. The van der Waals surface area contributed by atoms with Gasteiger partial charge >= 0.3 is 0 Å². The number of halogens is 1. The Kier molecular flexibility index (Phi) is 3.29. The summed E-state index contributed by atoms with van der Waals surface area (Å²) in [6, 6.07) is 5.32. The van der Waals surface area contributed by atoms with Gasteiger partial charge in [0.25, 0.3) is 0 Å². The molecular weight excluding hydrogens is 285 g/mol. The summed E-state index contributed by atoms with van der Waals surface area (Å²) in [6.45, 7) is 0. The fraction of sp³-hybridized carbons (Fsp3) is 0. The number of aromatic nitrogens is 3. The average molecular weight is 295 g/mol. The summed E-state index contributed by atoms with van der Waals surface area (Å²) in [5, 5.41) is 19.0. The lowest BCUT2D eigenvalue weighted by Gasteiger charge is -2.18. The average Bonchev–Trinajstić information content (AvgIpc) is 3.02. The fourth-order valence-corrected chi connectivity index (χ4v) is 2.05. The van der Waals surface area contributed by atoms with Gasteiger partial charge in [-0.05, 0) is 24.3 Å². The van der Waals surface area contributed by atoms with E-state index in [-0.39, 0.29) is 17.1 Å². The van der Waals surface area contributed by atoms with Crippen molar-refractivity contribution in [1.29, 1.82) is 5.41 Å². The van der Waals surface area contributed by atoms with Crippen molar-refractivity contribution in [2.45, 2.75) is 0 Å². The lowest BCUT2D eigenvalue weighted by atomic mass is 10.1. The number of hydroxylamine groups is 1. The molecule has 1 aromatic carbocycles. The zero-order valence-corrected chi connectivity index (χ0v) is 11.2. The largest absolute Gasteiger partial charge is 0.343 e. The normalized spacial score (nSPS) is 10.4. The van der Waals surface area contributed by atoms with Crippen LogP contribution in [0.4, 0.5) is 10.1 Å². The van der Waals surface area contributed by atoms with Gasteiger partial charge in [0.15, 0.2) is 11.5 Å². The summed E-state index contributed by atoms with van der Waals surface area (Å²) in [7, 11) is 0. The minimum absolute atomic E-state index is 0.00534. The number of amidine groups is 1. The van der Waals surface area contributed by atoms with Crippen LogP contribution in [0.5, 0.6) is 0 Å². The zero-order chi connectivity index (χ0) is 15.7. The van der Waals surface area contributed by atoms with Crippen LogP contribution in [0.2, 0.25) is 0 Å². The number of rotatable bonds is 2. The number of hydrogen-bond acceptors (Lipinski definition) is 4. The van der Waals surface area contributed by atoms with Gasteiger partial charge in [-0.1, -0.05) is 5.92 Å². The number of terminal acetylenes is 1. The van der Waals surface area contributed by atoms with Crippen molar-refractivity contribution in [3.8, 4) is 12.3 Å². The number of aromatic amines is 1. The van der Waals surface area contributed by atoms with Gasteiger partial charge < -0.3 is 4.98 Å². The number of nitrogens with one attached hydrogen (secondary N) is 2. The summed E-state index contributed by atoms with van der Waals surface area (Å²) in [4.78, 5) is 10.9. The monoisotopic (exact) mass is 295 g/mol. The number of benzene rings is 1. The Bertz CT molecular complexity index is 912. The van der Waals surface area contributed by atoms with E-state index in [1.807, 2.05) is 0 Å². The van der Waals surface area contributed by atoms with Crippen molar-refractivity contribution in [2.24, 2.45) is 0 Å². The van der Waals surface area contributed by atoms with Gasteiger partial charge in [0.05, 0.1) is 23.1 Å². The van der Waals surface area contributed by atoms with Crippen LogP contribution in [0.1, 0.15) is 11.1 Å². The van der Waals surface area contributed by atoms with E-state index in [9.17, 15) is 9.60 Å². The predicted octanol–water partition coefficient (Wildman–Crippen LogP) is 2.30. The molecule has 3 aromatic rings. The number of imidazole rings is 1. The molecule has 0 spiro atoms. The summed E-state index contributed by atoms with van der Waals surface area (Å²) < 4.78 is 13.4. The molecule has 0 aliphatic rings. The van der Waals surface area contributed by atoms with Crippen molar-refractivity contribution in [3.63, 3.8) is 0 Å². The zero-order valence-electron chi connectivity index (χ0n) is 11.2. The predicted molar refractivity (Wildman–Crippen MR) is 79.3 cm³/mol. The molecule has 6 nitrogen and oxygen atoms in total. The van der Waals surface area contributed by atoms with E-state index < -0.39 is 5.82 Å². The van der Waals surface area contributed by atoms with Crippen molar-refractivity contribution < 1.29 is 9.60 Å². The molecule has 108 valence electrons. The van der Waals surface area contributed by atoms with E-state index in [4.69, 9.17) is 11.8 Å². The first-order valence-electron chi connectivity index (χ1n) is 6.24. The summed E-state index contributed by atoms with van der Waals surface area (Å²) in [6.07, 6.45) is 8.14.